The van der Waals surface area contributed by atoms with Gasteiger partial charge in [-0.15, -0.1) is 0 Å². The smallest absolute Gasteiger partial charge is 0.414 e. The molecule has 1 rings (SSSR count). The third kappa shape index (κ3) is 2.46. The fourth-order valence-electron chi connectivity index (χ4n) is 1.88. The number of carboxylic acid groups (broad SMARTS) is 1. The van der Waals surface area contributed by atoms with Crippen molar-refractivity contribution in [2.24, 2.45) is 0 Å². The van der Waals surface area contributed by atoms with E-state index < -0.39 is 24.0 Å². The Kier molecular flexibility index (Phi) is 3.88. The van der Waals surface area contributed by atoms with Gasteiger partial charge in [0.25, 0.3) is 5.91 Å². The molecule has 1 atom stereocenters. The van der Waals surface area contributed by atoms with Crippen LogP contribution in [0, 0.1) is 0 Å². The van der Waals surface area contributed by atoms with Gasteiger partial charge in [-0.25, -0.2) is 14.5 Å². The largest absolute Gasteiger partial charge is 0.465 e. The molecule has 0 fully saturated rings. The lowest BCUT2D eigenvalue weighted by molar-refractivity contribution is -0.142. The molecule has 0 aromatic rings. The van der Waals surface area contributed by atoms with Crippen LogP contribution in [0.2, 0.25) is 0 Å². The SMILES string of the molecule is CCOC(=O)C1=C(C)CC(C)N(C(=O)O)C1=O. The number of ether oxygens (including phenoxy) is 1. The van der Waals surface area contributed by atoms with E-state index in [-0.39, 0.29) is 12.2 Å². The fraction of sp³-hybridized carbons (Fsp3) is 0.545. The van der Waals surface area contributed by atoms with Gasteiger partial charge in [0.05, 0.1) is 6.61 Å². The minimum atomic E-state index is -1.35. The first-order valence-corrected chi connectivity index (χ1v) is 5.33. The van der Waals surface area contributed by atoms with Gasteiger partial charge in [0.2, 0.25) is 0 Å². The van der Waals surface area contributed by atoms with E-state index in [1.807, 2.05) is 0 Å². The van der Waals surface area contributed by atoms with Crippen molar-refractivity contribution in [1.82, 2.24) is 4.90 Å². The number of carbonyl (C=O) groups is 3. The Labute approximate surface area is 98.8 Å². The lowest BCUT2D eigenvalue weighted by Crippen LogP contribution is -2.47. The Bertz CT molecular complexity index is 399. The molecule has 0 saturated carbocycles. The van der Waals surface area contributed by atoms with E-state index in [9.17, 15) is 14.4 Å². The predicted molar refractivity (Wildman–Crippen MR) is 58.3 cm³/mol. The molecule has 2 amide bonds. The molecule has 1 aliphatic heterocycles. The van der Waals surface area contributed by atoms with Gasteiger partial charge in [-0.05, 0) is 27.2 Å². The highest BCUT2D eigenvalue weighted by Gasteiger charge is 2.38. The van der Waals surface area contributed by atoms with Crippen LogP contribution in [0.1, 0.15) is 27.2 Å². The second-order valence-electron chi connectivity index (χ2n) is 3.89. The van der Waals surface area contributed by atoms with Gasteiger partial charge in [-0.2, -0.15) is 0 Å². The van der Waals surface area contributed by atoms with Gasteiger partial charge in [-0.3, -0.25) is 4.79 Å². The van der Waals surface area contributed by atoms with E-state index in [4.69, 9.17) is 9.84 Å². The van der Waals surface area contributed by atoms with Crippen molar-refractivity contribution >= 4 is 18.0 Å². The lowest BCUT2D eigenvalue weighted by Gasteiger charge is -2.30. The minimum Gasteiger partial charge on any atom is -0.465 e. The van der Waals surface area contributed by atoms with Crippen LogP contribution in [-0.4, -0.2) is 40.6 Å². The van der Waals surface area contributed by atoms with Crippen LogP contribution >= 0.6 is 0 Å². The predicted octanol–water partition coefficient (Wildman–Crippen LogP) is 1.16. The number of hydrogen-bond acceptors (Lipinski definition) is 4. The van der Waals surface area contributed by atoms with Crippen LogP contribution in [0.25, 0.3) is 0 Å². The van der Waals surface area contributed by atoms with Crippen LogP contribution in [-0.2, 0) is 14.3 Å². The van der Waals surface area contributed by atoms with Crippen LogP contribution < -0.4 is 0 Å². The first-order chi connectivity index (χ1) is 7.90. The monoisotopic (exact) mass is 241 g/mol. The lowest BCUT2D eigenvalue weighted by atomic mass is 9.96. The van der Waals surface area contributed by atoms with Gasteiger partial charge in [0, 0.05) is 6.04 Å². The number of imide groups is 1. The minimum absolute atomic E-state index is 0.144. The molecule has 0 aromatic heterocycles. The van der Waals surface area contributed by atoms with Crippen molar-refractivity contribution in [1.29, 1.82) is 0 Å². The van der Waals surface area contributed by atoms with Crippen LogP contribution in [0.15, 0.2) is 11.1 Å². The first kappa shape index (κ1) is 13.2. The first-order valence-electron chi connectivity index (χ1n) is 5.33. The van der Waals surface area contributed by atoms with Gasteiger partial charge in [0.1, 0.15) is 5.57 Å². The van der Waals surface area contributed by atoms with Crippen molar-refractivity contribution < 1.29 is 24.2 Å². The number of carbonyl (C=O) groups excluding carboxylic acids is 2. The Morgan fingerprint density at radius 3 is 2.59 bits per heavy atom. The topological polar surface area (TPSA) is 83.9 Å². The molecule has 1 unspecified atom stereocenters. The van der Waals surface area contributed by atoms with Crippen LogP contribution in [0.4, 0.5) is 4.79 Å². The zero-order chi connectivity index (χ0) is 13.2. The van der Waals surface area contributed by atoms with Gasteiger partial charge in [-0.1, -0.05) is 5.57 Å². The Morgan fingerprint density at radius 1 is 1.53 bits per heavy atom. The Hall–Kier alpha value is -1.85. The molecule has 6 nitrogen and oxygen atoms in total. The molecule has 0 aromatic carbocycles. The summed E-state index contributed by atoms with van der Waals surface area (Å²) in [6.07, 6.45) is -0.997. The molecule has 0 spiro atoms. The molecule has 94 valence electrons. The highest BCUT2D eigenvalue weighted by molar-refractivity contribution is 6.20. The number of amides is 2. The highest BCUT2D eigenvalue weighted by atomic mass is 16.5. The van der Waals surface area contributed by atoms with Crippen molar-refractivity contribution in [3.63, 3.8) is 0 Å². The summed E-state index contributed by atoms with van der Waals surface area (Å²) in [5.74, 6) is -1.56. The van der Waals surface area contributed by atoms with Crippen molar-refractivity contribution in [3.05, 3.63) is 11.1 Å². The van der Waals surface area contributed by atoms with E-state index in [2.05, 4.69) is 0 Å². The number of nitrogens with zero attached hydrogens (tertiary/aromatic N) is 1. The molecule has 0 radical (unpaired) electrons. The normalized spacial score (nSPS) is 20.5. The van der Waals surface area contributed by atoms with E-state index in [0.29, 0.717) is 16.9 Å². The number of esters is 1. The molecule has 0 saturated heterocycles. The number of hydrogen-bond donors (Lipinski definition) is 1. The Morgan fingerprint density at radius 2 is 2.12 bits per heavy atom. The van der Waals surface area contributed by atoms with Crippen molar-refractivity contribution in [3.8, 4) is 0 Å². The van der Waals surface area contributed by atoms with E-state index in [1.54, 1.807) is 20.8 Å². The van der Waals surface area contributed by atoms with E-state index in [0.717, 1.165) is 0 Å². The second-order valence-corrected chi connectivity index (χ2v) is 3.89. The zero-order valence-electron chi connectivity index (χ0n) is 10.0. The average molecular weight is 241 g/mol. The summed E-state index contributed by atoms with van der Waals surface area (Å²) < 4.78 is 4.75. The third-order valence-electron chi connectivity index (χ3n) is 2.59. The molecule has 1 N–H and O–H groups in total. The average Bonchev–Trinajstić information content (AvgIpc) is 2.15. The summed E-state index contributed by atoms with van der Waals surface area (Å²) in [4.78, 5) is 35.1. The number of rotatable bonds is 2. The van der Waals surface area contributed by atoms with E-state index >= 15 is 0 Å². The molecule has 1 heterocycles. The quantitative estimate of drug-likeness (QED) is 0.579. The van der Waals surface area contributed by atoms with Crippen LogP contribution in [0.3, 0.4) is 0 Å². The molecule has 1 aliphatic rings. The van der Waals surface area contributed by atoms with Gasteiger partial charge >= 0.3 is 12.1 Å². The summed E-state index contributed by atoms with van der Waals surface area (Å²) in [6, 6.07) is -0.460. The molecule has 17 heavy (non-hydrogen) atoms. The summed E-state index contributed by atoms with van der Waals surface area (Å²) in [5, 5.41) is 8.93. The van der Waals surface area contributed by atoms with Gasteiger partial charge in [0.15, 0.2) is 0 Å². The van der Waals surface area contributed by atoms with E-state index in [1.165, 1.54) is 0 Å². The zero-order valence-corrected chi connectivity index (χ0v) is 10.0. The van der Waals surface area contributed by atoms with Crippen LogP contribution in [0.5, 0.6) is 0 Å². The Balaban J connectivity index is 3.11. The summed E-state index contributed by atoms with van der Waals surface area (Å²) in [7, 11) is 0. The molecule has 0 bridgehead atoms. The second kappa shape index (κ2) is 4.99. The van der Waals surface area contributed by atoms with Crippen molar-refractivity contribution in [2.45, 2.75) is 33.2 Å². The van der Waals surface area contributed by atoms with Gasteiger partial charge < -0.3 is 9.84 Å². The summed E-state index contributed by atoms with van der Waals surface area (Å²) >= 11 is 0. The fourth-order valence-corrected chi connectivity index (χ4v) is 1.88. The summed E-state index contributed by atoms with van der Waals surface area (Å²) in [6.45, 7) is 5.03. The molecular formula is C11H15NO5. The maximum atomic E-state index is 11.9. The summed E-state index contributed by atoms with van der Waals surface area (Å²) in [5.41, 5.74) is 0.408. The standard InChI is InChI=1S/C11H15NO5/c1-4-17-10(14)8-6(2)5-7(3)12(9(8)13)11(15)16/h7H,4-5H2,1-3H3,(H,15,16). The maximum absolute atomic E-state index is 11.9. The molecule has 0 aliphatic carbocycles. The highest BCUT2D eigenvalue weighted by Crippen LogP contribution is 2.25. The maximum Gasteiger partial charge on any atom is 0.414 e. The molecular weight excluding hydrogens is 226 g/mol. The molecule has 6 heteroatoms. The third-order valence-corrected chi connectivity index (χ3v) is 2.59. The van der Waals surface area contributed by atoms with Crippen molar-refractivity contribution in [2.75, 3.05) is 6.61 Å².